The van der Waals surface area contributed by atoms with Crippen LogP contribution in [-0.2, 0) is 24.8 Å². The molecule has 0 aliphatic heterocycles. The Hall–Kier alpha value is -4.61. The van der Waals surface area contributed by atoms with E-state index in [4.69, 9.17) is 16.1 Å². The summed E-state index contributed by atoms with van der Waals surface area (Å²) < 4.78 is 10.9. The third-order valence-corrected chi connectivity index (χ3v) is 11.4. The maximum atomic E-state index is 5.56. The number of fused-ring (bicyclic) bond motifs is 3. The number of unbranched alkanes of at least 4 members (excludes halogenated alkanes) is 2. The Labute approximate surface area is 309 Å². The highest BCUT2D eigenvalue weighted by atomic mass is 32.2. The summed E-state index contributed by atoms with van der Waals surface area (Å²) in [6.07, 6.45) is 6.57. The lowest BCUT2D eigenvalue weighted by Gasteiger charge is -2.35. The number of allylic oxidation sites excluding steroid dienone is 1. The molecule has 0 spiro atoms. The molecule has 5 aromatic rings. The Morgan fingerprint density at radius 2 is 1.35 bits per heavy atom. The zero-order valence-electron chi connectivity index (χ0n) is 30.5. The van der Waals surface area contributed by atoms with Crippen LogP contribution in [0, 0.1) is 0 Å². The molecule has 0 heterocycles. The van der Waals surface area contributed by atoms with Gasteiger partial charge in [-0.15, -0.1) is 11.8 Å². The molecule has 1 aliphatic rings. The lowest BCUT2D eigenvalue weighted by atomic mass is 9.72. The maximum absolute atomic E-state index is 5.56. The molecular weight excluding hydrogens is 645 g/mol. The van der Waals surface area contributed by atoms with Crippen molar-refractivity contribution >= 4 is 17.4 Å². The summed E-state index contributed by atoms with van der Waals surface area (Å²) in [5.74, 6) is 3.78. The average Bonchev–Trinajstić information content (AvgIpc) is 3.48. The zero-order valence-corrected chi connectivity index (χ0v) is 31.3. The summed E-state index contributed by atoms with van der Waals surface area (Å²) in [6.45, 7) is 8.66. The van der Waals surface area contributed by atoms with E-state index in [1.807, 2.05) is 30.0 Å². The van der Waals surface area contributed by atoms with Crippen molar-refractivity contribution in [3.63, 3.8) is 0 Å². The van der Waals surface area contributed by atoms with Crippen molar-refractivity contribution in [3.05, 3.63) is 161 Å². The van der Waals surface area contributed by atoms with Crippen LogP contribution in [0.4, 0.5) is 5.69 Å². The molecule has 0 atom stereocenters. The average molecular weight is 697 g/mol. The van der Waals surface area contributed by atoms with Crippen LogP contribution in [0.2, 0.25) is 0 Å². The van der Waals surface area contributed by atoms with Gasteiger partial charge in [0.15, 0.2) is 0 Å². The van der Waals surface area contributed by atoms with Crippen LogP contribution in [0.15, 0.2) is 134 Å². The van der Waals surface area contributed by atoms with Crippen molar-refractivity contribution in [1.82, 2.24) is 5.32 Å². The van der Waals surface area contributed by atoms with E-state index < -0.39 is 0 Å². The van der Waals surface area contributed by atoms with Gasteiger partial charge < -0.3 is 19.7 Å². The molecule has 264 valence electrons. The predicted octanol–water partition coefficient (Wildman–Crippen LogP) is 10.8. The van der Waals surface area contributed by atoms with Crippen molar-refractivity contribution in [2.45, 2.75) is 57.4 Å². The third kappa shape index (κ3) is 8.48. The van der Waals surface area contributed by atoms with Gasteiger partial charge in [0.25, 0.3) is 0 Å². The van der Waals surface area contributed by atoms with Gasteiger partial charge in [-0.3, -0.25) is 0 Å². The third-order valence-electron chi connectivity index (χ3n) is 10.3. The number of nitrogens with one attached hydrogen (secondary N) is 1. The molecule has 0 aromatic heterocycles. The highest BCUT2D eigenvalue weighted by molar-refractivity contribution is 7.99. The largest absolute Gasteiger partial charge is 0.497 e. The van der Waals surface area contributed by atoms with E-state index in [2.05, 4.69) is 120 Å². The van der Waals surface area contributed by atoms with Gasteiger partial charge in [0.05, 0.1) is 25.5 Å². The summed E-state index contributed by atoms with van der Waals surface area (Å²) in [7, 11) is 3.44. The number of hydrogen-bond donors (Lipinski definition) is 1. The number of rotatable bonds is 19. The summed E-state index contributed by atoms with van der Waals surface area (Å²) in [5, 5.41) is 3.83. The Kier molecular flexibility index (Phi) is 12.5. The molecule has 0 saturated carbocycles. The molecule has 0 amide bonds. The van der Waals surface area contributed by atoms with Gasteiger partial charge in [0.2, 0.25) is 0 Å². The SMILES string of the molecule is C=C(NCCc1ccc(CC)cc1)C1(CCCCCSCN(Cc2ccc(OC)cc2)c2cccc(OC)c2)c2ccccc2-c2ccccc21. The predicted molar refractivity (Wildman–Crippen MR) is 217 cm³/mol. The second-order valence-corrected chi connectivity index (χ2v) is 14.5. The van der Waals surface area contributed by atoms with Gasteiger partial charge in [0, 0.05) is 30.5 Å². The molecule has 5 heteroatoms. The van der Waals surface area contributed by atoms with Gasteiger partial charge in [-0.1, -0.05) is 117 Å². The fraction of sp³-hybridized carbons (Fsp3) is 0.304. The lowest BCUT2D eigenvalue weighted by Crippen LogP contribution is -2.36. The van der Waals surface area contributed by atoms with Gasteiger partial charge >= 0.3 is 0 Å². The quantitative estimate of drug-likeness (QED) is 0.0687. The molecule has 51 heavy (non-hydrogen) atoms. The van der Waals surface area contributed by atoms with Gasteiger partial charge in [-0.2, -0.15) is 0 Å². The number of benzene rings is 5. The maximum Gasteiger partial charge on any atom is 0.120 e. The fourth-order valence-electron chi connectivity index (χ4n) is 7.44. The smallest absolute Gasteiger partial charge is 0.120 e. The van der Waals surface area contributed by atoms with E-state index >= 15 is 0 Å². The Balaban J connectivity index is 1.09. The van der Waals surface area contributed by atoms with E-state index in [0.29, 0.717) is 0 Å². The number of methoxy groups -OCH3 is 2. The molecule has 6 rings (SSSR count). The van der Waals surface area contributed by atoms with Crippen LogP contribution >= 0.6 is 11.8 Å². The van der Waals surface area contributed by atoms with Crippen LogP contribution < -0.4 is 19.7 Å². The summed E-state index contributed by atoms with van der Waals surface area (Å²) in [6, 6.07) is 43.8. The minimum Gasteiger partial charge on any atom is -0.497 e. The molecular formula is C46H52N2O2S. The van der Waals surface area contributed by atoms with Crippen molar-refractivity contribution < 1.29 is 9.47 Å². The molecule has 0 unspecified atom stereocenters. The van der Waals surface area contributed by atoms with Gasteiger partial charge in [-0.25, -0.2) is 0 Å². The first-order chi connectivity index (χ1) is 25.0. The molecule has 0 bridgehead atoms. The van der Waals surface area contributed by atoms with E-state index in [0.717, 1.165) is 67.6 Å². The minimum absolute atomic E-state index is 0.242. The number of hydrogen-bond acceptors (Lipinski definition) is 5. The van der Waals surface area contributed by atoms with Gasteiger partial charge in [-0.05, 0) is 94.6 Å². The lowest BCUT2D eigenvalue weighted by molar-refractivity contribution is 0.414. The fourth-order valence-corrected chi connectivity index (χ4v) is 8.43. The number of anilines is 1. The molecule has 1 aliphatic carbocycles. The van der Waals surface area contributed by atoms with Gasteiger partial charge in [0.1, 0.15) is 11.5 Å². The molecule has 0 fully saturated rings. The summed E-state index contributed by atoms with van der Waals surface area (Å²) in [4.78, 5) is 2.43. The first-order valence-electron chi connectivity index (χ1n) is 18.4. The van der Waals surface area contributed by atoms with E-state index in [1.165, 1.54) is 57.5 Å². The van der Waals surface area contributed by atoms with Crippen molar-refractivity contribution in [2.75, 3.05) is 37.3 Å². The van der Waals surface area contributed by atoms with Crippen LogP contribution in [0.3, 0.4) is 0 Å². The Morgan fingerprint density at radius 3 is 2.02 bits per heavy atom. The first kappa shape index (κ1) is 36.2. The van der Waals surface area contributed by atoms with Crippen LogP contribution in [0.25, 0.3) is 11.1 Å². The topological polar surface area (TPSA) is 33.7 Å². The Bertz CT molecular complexity index is 1820. The summed E-state index contributed by atoms with van der Waals surface area (Å²) >= 11 is 2.00. The normalized spacial score (nSPS) is 12.5. The summed E-state index contributed by atoms with van der Waals surface area (Å²) in [5.41, 5.74) is 11.5. The Morgan fingerprint density at radius 1 is 0.706 bits per heavy atom. The standard InChI is InChI=1S/C46H52N2O2S/c1-5-36-20-22-37(23-21-36)28-30-47-35(2)46(44-18-9-7-16-42(44)43-17-8-10-19-45(43)46)29-11-6-12-31-51-34-48(39-14-13-15-41(32-39)50-4)33-38-24-26-40(49-3)27-25-38/h7-10,13-27,32,47H,2,5-6,11-12,28-31,33-34H2,1,3-4H3. The van der Waals surface area contributed by atoms with Crippen molar-refractivity contribution in [3.8, 4) is 22.6 Å². The first-order valence-corrected chi connectivity index (χ1v) is 19.5. The van der Waals surface area contributed by atoms with Crippen LogP contribution in [0.1, 0.15) is 60.4 Å². The second-order valence-electron chi connectivity index (χ2n) is 13.4. The van der Waals surface area contributed by atoms with Crippen molar-refractivity contribution in [1.29, 1.82) is 0 Å². The van der Waals surface area contributed by atoms with Crippen LogP contribution in [-0.4, -0.2) is 32.4 Å². The molecule has 0 saturated heterocycles. The number of nitrogens with zero attached hydrogens (tertiary/aromatic N) is 1. The number of aryl methyl sites for hydroxylation is 1. The number of ether oxygens (including phenoxy) is 2. The zero-order chi connectivity index (χ0) is 35.5. The number of thioether (sulfide) groups is 1. The second kappa shape index (κ2) is 17.5. The minimum atomic E-state index is -0.242. The van der Waals surface area contributed by atoms with Crippen LogP contribution in [0.5, 0.6) is 11.5 Å². The monoisotopic (exact) mass is 696 g/mol. The highest BCUT2D eigenvalue weighted by Crippen LogP contribution is 2.54. The molecule has 1 N–H and O–H groups in total. The van der Waals surface area contributed by atoms with Crippen molar-refractivity contribution in [2.24, 2.45) is 0 Å². The van der Waals surface area contributed by atoms with E-state index in [-0.39, 0.29) is 5.41 Å². The molecule has 5 aromatic carbocycles. The van der Waals surface area contributed by atoms with E-state index in [1.54, 1.807) is 14.2 Å². The molecule has 0 radical (unpaired) electrons. The van der Waals surface area contributed by atoms with E-state index in [9.17, 15) is 0 Å². The molecule has 4 nitrogen and oxygen atoms in total. The highest BCUT2D eigenvalue weighted by Gasteiger charge is 2.44.